The van der Waals surface area contributed by atoms with Crippen molar-refractivity contribution in [1.82, 2.24) is 9.97 Å². The second-order valence-electron chi connectivity index (χ2n) is 12.5. The van der Waals surface area contributed by atoms with Crippen molar-refractivity contribution in [2.45, 2.75) is 12.8 Å². The Morgan fingerprint density at radius 2 is 0.946 bits per heavy atom. The minimum Gasteiger partial charge on any atom is -0.504 e. The smallest absolute Gasteiger partial charge is 0.272 e. The van der Waals surface area contributed by atoms with Crippen LogP contribution in [0.2, 0.25) is 0 Å². The van der Waals surface area contributed by atoms with E-state index < -0.39 is 0 Å². The van der Waals surface area contributed by atoms with Crippen LogP contribution in [-0.2, 0) is 22.4 Å². The Morgan fingerprint density at radius 1 is 0.554 bits per heavy atom. The van der Waals surface area contributed by atoms with Gasteiger partial charge in [-0.25, -0.2) is 19.8 Å². The summed E-state index contributed by atoms with van der Waals surface area (Å²) in [5, 5.41) is 43.6. The Labute approximate surface area is 347 Å². The molecule has 56 heavy (non-hydrogen) atoms. The second-order valence-corrected chi connectivity index (χ2v) is 17.5. The van der Waals surface area contributed by atoms with Crippen molar-refractivity contribution in [3.63, 3.8) is 0 Å². The Balaban J connectivity index is 0.873. The van der Waals surface area contributed by atoms with Crippen LogP contribution in [0, 0.1) is 0 Å². The minimum absolute atomic E-state index is 0.237. The van der Waals surface area contributed by atoms with Gasteiger partial charge in [0.1, 0.15) is 0 Å². The maximum atomic E-state index is 13.3. The number of phenolic OH excluding ortho intramolecular Hbond substituents is 4. The van der Waals surface area contributed by atoms with Crippen LogP contribution in [0.1, 0.15) is 22.3 Å². The molecular formula is C40H26N4O6S6. The second kappa shape index (κ2) is 15.6. The summed E-state index contributed by atoms with van der Waals surface area (Å²) in [6.45, 7) is 0. The highest BCUT2D eigenvalue weighted by atomic mass is 32.2. The van der Waals surface area contributed by atoms with E-state index >= 15 is 0 Å². The van der Waals surface area contributed by atoms with Crippen molar-refractivity contribution in [2.75, 3.05) is 9.80 Å². The molecule has 4 aromatic carbocycles. The third-order valence-corrected chi connectivity index (χ3v) is 13.0. The van der Waals surface area contributed by atoms with E-state index in [1.54, 1.807) is 24.3 Å². The first kappa shape index (κ1) is 37.6. The van der Waals surface area contributed by atoms with Crippen molar-refractivity contribution < 1.29 is 30.0 Å². The third-order valence-electron chi connectivity index (χ3n) is 8.75. The number of hydrogen-bond acceptors (Lipinski definition) is 14. The van der Waals surface area contributed by atoms with Gasteiger partial charge in [0.05, 0.1) is 21.2 Å². The fraction of sp³-hybridized carbons (Fsp3) is 0.0500. The molecule has 0 bridgehead atoms. The fourth-order valence-electron chi connectivity index (χ4n) is 5.80. The molecule has 2 aliphatic heterocycles. The van der Waals surface area contributed by atoms with E-state index in [9.17, 15) is 30.0 Å². The average Bonchev–Trinajstić information content (AvgIpc) is 3.98. The number of aromatic hydroxyl groups is 4. The van der Waals surface area contributed by atoms with Crippen LogP contribution in [0.15, 0.2) is 105 Å². The molecule has 10 nitrogen and oxygen atoms in total. The summed E-state index contributed by atoms with van der Waals surface area (Å²) in [7, 11) is 0. The van der Waals surface area contributed by atoms with Gasteiger partial charge in [0.2, 0.25) is 0 Å². The zero-order valence-corrected chi connectivity index (χ0v) is 33.5. The summed E-state index contributed by atoms with van der Waals surface area (Å²) >= 11 is 16.0. The molecule has 0 saturated carbocycles. The van der Waals surface area contributed by atoms with Gasteiger partial charge in [-0.05, 0) is 71.5 Å². The molecule has 2 fully saturated rings. The Kier molecular flexibility index (Phi) is 10.5. The molecule has 0 unspecified atom stereocenters. The SMILES string of the molecule is O=C1/C(=C\c2ccc(O)c(O)c2)SC(=S)N1c1nc(-c2ccc(CCc3ccc(-c4csc(N5C(=O)/C(=C\c6ccc(O)c(O)c6)SC5=S)n4)cc3)cc2)cs1. The number of benzene rings is 4. The zero-order chi connectivity index (χ0) is 39.1. The molecule has 2 amide bonds. The number of aryl methyl sites for hydroxylation is 2. The lowest BCUT2D eigenvalue weighted by Crippen LogP contribution is -2.27. The number of rotatable bonds is 9. The molecule has 6 aromatic rings. The van der Waals surface area contributed by atoms with Gasteiger partial charge in [-0.15, -0.1) is 22.7 Å². The highest BCUT2D eigenvalue weighted by molar-refractivity contribution is 8.27. The van der Waals surface area contributed by atoms with Crippen LogP contribution < -0.4 is 9.80 Å². The molecule has 4 heterocycles. The van der Waals surface area contributed by atoms with Crippen LogP contribution >= 0.6 is 70.6 Å². The molecule has 2 aromatic heterocycles. The molecule has 0 aliphatic carbocycles. The number of phenols is 4. The van der Waals surface area contributed by atoms with E-state index in [4.69, 9.17) is 34.4 Å². The molecule has 0 atom stereocenters. The summed E-state index contributed by atoms with van der Waals surface area (Å²) < 4.78 is 0.733. The number of nitrogens with zero attached hydrogens (tertiary/aromatic N) is 4. The summed E-state index contributed by atoms with van der Waals surface area (Å²) in [5.41, 5.74) is 6.77. The number of anilines is 2. The number of carbonyl (C=O) groups excluding carboxylic acids is 2. The van der Waals surface area contributed by atoms with Gasteiger partial charge in [-0.3, -0.25) is 9.59 Å². The predicted octanol–water partition coefficient (Wildman–Crippen LogP) is 9.35. The molecule has 8 rings (SSSR count). The van der Waals surface area contributed by atoms with E-state index in [1.165, 1.54) is 67.9 Å². The molecule has 0 radical (unpaired) electrons. The standard InChI is InChI=1S/C40H26N4O6S6/c45-29-13-7-23(15-31(29)47)17-33-35(49)43(39(51)55-33)37-41-27(19-53-37)25-9-3-21(4-10-25)1-2-22-5-11-26(12-6-22)28-20-54-38(42-28)44-36(50)34(56-40(44)52)18-24-8-14-30(46)32(48)16-24/h3-20,45-48H,1-2H2/b33-17+,34-18+. The average molecular weight is 851 g/mol. The lowest BCUT2D eigenvalue weighted by atomic mass is 10.0. The maximum absolute atomic E-state index is 13.3. The van der Waals surface area contributed by atoms with Crippen molar-refractivity contribution in [3.8, 4) is 45.5 Å². The normalized spacial score (nSPS) is 15.9. The largest absolute Gasteiger partial charge is 0.504 e. The molecule has 278 valence electrons. The molecule has 4 N–H and O–H groups in total. The van der Waals surface area contributed by atoms with Gasteiger partial charge < -0.3 is 20.4 Å². The number of thiazole rings is 2. The molecule has 2 saturated heterocycles. The third kappa shape index (κ3) is 7.71. The van der Waals surface area contributed by atoms with Gasteiger partial charge in [0.25, 0.3) is 11.8 Å². The van der Waals surface area contributed by atoms with Crippen LogP contribution in [0.3, 0.4) is 0 Å². The van der Waals surface area contributed by atoms with E-state index in [-0.39, 0.29) is 34.8 Å². The first-order valence-corrected chi connectivity index (χ1v) is 20.9. The topological polar surface area (TPSA) is 147 Å². The number of thioether (sulfide) groups is 2. The van der Waals surface area contributed by atoms with Crippen molar-refractivity contribution in [3.05, 3.63) is 128 Å². The Bertz CT molecular complexity index is 2450. The summed E-state index contributed by atoms with van der Waals surface area (Å²) in [6.07, 6.45) is 4.90. The Hall–Kier alpha value is -5.36. The monoisotopic (exact) mass is 850 g/mol. The first-order chi connectivity index (χ1) is 27.0. The van der Waals surface area contributed by atoms with Gasteiger partial charge in [-0.2, -0.15) is 0 Å². The zero-order valence-electron chi connectivity index (χ0n) is 28.7. The number of carbonyl (C=O) groups is 2. The number of thiocarbonyl (C=S) groups is 2. The molecular weight excluding hydrogens is 825 g/mol. The van der Waals surface area contributed by atoms with Gasteiger partial charge >= 0.3 is 0 Å². The highest BCUT2D eigenvalue weighted by Gasteiger charge is 2.36. The van der Waals surface area contributed by atoms with Crippen molar-refractivity contribution >= 4 is 114 Å². The highest BCUT2D eigenvalue weighted by Crippen LogP contribution is 2.41. The maximum Gasteiger partial charge on any atom is 0.272 e. The lowest BCUT2D eigenvalue weighted by molar-refractivity contribution is -0.114. The van der Waals surface area contributed by atoms with E-state index in [1.807, 2.05) is 35.0 Å². The lowest BCUT2D eigenvalue weighted by Gasteiger charge is -2.09. The van der Waals surface area contributed by atoms with Crippen LogP contribution in [0.5, 0.6) is 23.0 Å². The number of aromatic nitrogens is 2. The van der Waals surface area contributed by atoms with Crippen molar-refractivity contribution in [2.24, 2.45) is 0 Å². The Morgan fingerprint density at radius 3 is 1.32 bits per heavy atom. The van der Waals surface area contributed by atoms with E-state index in [0.717, 1.165) is 58.9 Å². The summed E-state index contributed by atoms with van der Waals surface area (Å²) in [4.78, 5) is 39.6. The van der Waals surface area contributed by atoms with Crippen molar-refractivity contribution in [1.29, 1.82) is 0 Å². The van der Waals surface area contributed by atoms with Crippen LogP contribution in [0.4, 0.5) is 10.3 Å². The first-order valence-electron chi connectivity index (χ1n) is 16.7. The van der Waals surface area contributed by atoms with E-state index in [2.05, 4.69) is 24.3 Å². The predicted molar refractivity (Wildman–Crippen MR) is 233 cm³/mol. The quantitative estimate of drug-likeness (QED) is 0.0625. The molecule has 2 aliphatic rings. The summed E-state index contributed by atoms with van der Waals surface area (Å²) in [5.74, 6) is -1.61. The van der Waals surface area contributed by atoms with Crippen LogP contribution in [0.25, 0.3) is 34.7 Å². The number of amides is 2. The minimum atomic E-state index is -0.297. The van der Waals surface area contributed by atoms with Gasteiger partial charge in [0.15, 0.2) is 41.9 Å². The van der Waals surface area contributed by atoms with Gasteiger partial charge in [-0.1, -0.05) is 109 Å². The fourth-order valence-corrected chi connectivity index (χ4v) is 10.2. The molecule has 16 heteroatoms. The molecule has 0 spiro atoms. The summed E-state index contributed by atoms with van der Waals surface area (Å²) in [6, 6.07) is 25.1. The van der Waals surface area contributed by atoms with E-state index in [0.29, 0.717) is 39.8 Å². The van der Waals surface area contributed by atoms with Gasteiger partial charge in [0, 0.05) is 21.9 Å². The van der Waals surface area contributed by atoms with Crippen LogP contribution in [-0.4, -0.2) is 50.8 Å². The number of hydrogen-bond donors (Lipinski definition) is 4.